The van der Waals surface area contributed by atoms with E-state index in [4.69, 9.17) is 16.2 Å². The molecule has 3 amide bonds. The van der Waals surface area contributed by atoms with Crippen LogP contribution in [0.4, 0.5) is 13.6 Å². The van der Waals surface area contributed by atoms with Crippen LogP contribution in [0.1, 0.15) is 45.9 Å². The van der Waals surface area contributed by atoms with E-state index in [1.807, 2.05) is 6.07 Å². The van der Waals surface area contributed by atoms with E-state index < -0.39 is 11.9 Å². The number of piperazine rings is 1. The molecular weight excluding hydrogens is 544 g/mol. The number of urea groups is 1. The first-order valence-electron chi connectivity index (χ1n) is 14.0. The third-order valence-corrected chi connectivity index (χ3v) is 7.46. The minimum Gasteiger partial charge on any atom is -0.491 e. The molecule has 1 saturated heterocycles. The summed E-state index contributed by atoms with van der Waals surface area (Å²) in [6.07, 6.45) is 1.86. The molecule has 1 aliphatic rings. The lowest BCUT2D eigenvalue weighted by Gasteiger charge is -2.39. The first-order valence-corrected chi connectivity index (χ1v) is 14.0. The van der Waals surface area contributed by atoms with Gasteiger partial charge in [-0.3, -0.25) is 19.8 Å². The number of nitrogens with zero attached hydrogens (tertiary/aromatic N) is 3. The van der Waals surface area contributed by atoms with Gasteiger partial charge in [0, 0.05) is 32.7 Å². The second kappa shape index (κ2) is 14.7. The zero-order valence-electron chi connectivity index (χ0n) is 23.4. The highest BCUT2D eigenvalue weighted by Gasteiger charge is 2.26. The summed E-state index contributed by atoms with van der Waals surface area (Å²) in [5, 5.41) is 9.83. The molecule has 11 heteroatoms. The molecule has 0 radical (unpaired) electrons. The number of hydrogen-bond acceptors (Lipinski definition) is 6. The fourth-order valence-electron chi connectivity index (χ4n) is 5.19. The number of primary amides is 2. The summed E-state index contributed by atoms with van der Waals surface area (Å²) in [5.41, 5.74) is 13.7. The number of aryl methyl sites for hydroxylation is 1. The maximum atomic E-state index is 13.6. The molecule has 3 aromatic carbocycles. The van der Waals surface area contributed by atoms with Crippen molar-refractivity contribution in [2.75, 3.05) is 45.9 Å². The van der Waals surface area contributed by atoms with Crippen LogP contribution in [0, 0.1) is 11.6 Å². The van der Waals surface area contributed by atoms with E-state index in [0.717, 1.165) is 42.9 Å². The molecule has 4 rings (SSSR count). The largest absolute Gasteiger partial charge is 0.491 e. The van der Waals surface area contributed by atoms with Crippen molar-refractivity contribution in [1.29, 1.82) is 0 Å². The molecule has 0 saturated carbocycles. The third-order valence-electron chi connectivity index (χ3n) is 7.46. The minimum absolute atomic E-state index is 0.119. The predicted octanol–water partition coefficient (Wildman–Crippen LogP) is 3.94. The number of unbranched alkanes of at least 4 members (excludes halogenated alkanes) is 1. The molecule has 1 aliphatic heterocycles. The Morgan fingerprint density at radius 2 is 1.48 bits per heavy atom. The number of ether oxygens (including phenoxy) is 1. The van der Waals surface area contributed by atoms with Gasteiger partial charge in [-0.05, 0) is 72.4 Å². The van der Waals surface area contributed by atoms with Crippen LogP contribution >= 0.6 is 0 Å². The van der Waals surface area contributed by atoms with Crippen LogP contribution in [-0.4, -0.2) is 77.9 Å². The fourth-order valence-corrected chi connectivity index (χ4v) is 5.19. The van der Waals surface area contributed by atoms with E-state index >= 15 is 0 Å². The van der Waals surface area contributed by atoms with Crippen LogP contribution in [0.25, 0.3) is 0 Å². The van der Waals surface area contributed by atoms with Crippen LogP contribution in [0.5, 0.6) is 5.75 Å². The number of carbonyl (C=O) groups excluding carboxylic acids is 2. The average Bonchev–Trinajstić information content (AvgIpc) is 2.98. The highest BCUT2D eigenvalue weighted by molar-refractivity contribution is 5.95. The highest BCUT2D eigenvalue weighted by atomic mass is 19.1. The van der Waals surface area contributed by atoms with E-state index in [9.17, 15) is 23.6 Å². The van der Waals surface area contributed by atoms with Gasteiger partial charge in [0.15, 0.2) is 0 Å². The van der Waals surface area contributed by atoms with Gasteiger partial charge in [-0.25, -0.2) is 18.6 Å². The number of rotatable bonds is 13. The molecule has 3 aromatic rings. The Bertz CT molecular complexity index is 1290. The lowest BCUT2D eigenvalue weighted by molar-refractivity contribution is -0.0402. The van der Waals surface area contributed by atoms with Gasteiger partial charge in [-0.2, -0.15) is 0 Å². The van der Waals surface area contributed by atoms with Gasteiger partial charge >= 0.3 is 6.03 Å². The van der Waals surface area contributed by atoms with E-state index in [1.165, 1.54) is 24.3 Å². The SMILES string of the molecule is NC(=O)c1cc(CCCCN(O)C(N)=O)ccc1OCCN1CCN(C(c2ccc(F)cc2)c2ccc(F)cc2)CC1. The second-order valence-corrected chi connectivity index (χ2v) is 10.3. The number of amides is 3. The molecule has 224 valence electrons. The molecule has 5 N–H and O–H groups in total. The summed E-state index contributed by atoms with van der Waals surface area (Å²) >= 11 is 0. The average molecular weight is 582 g/mol. The van der Waals surface area contributed by atoms with Gasteiger partial charge in [0.2, 0.25) is 0 Å². The fraction of sp³-hybridized carbons (Fsp3) is 0.355. The van der Waals surface area contributed by atoms with Crippen molar-refractivity contribution in [3.05, 3.63) is 101 Å². The number of nitrogens with two attached hydrogens (primary N) is 2. The van der Waals surface area contributed by atoms with Gasteiger partial charge in [-0.15, -0.1) is 0 Å². The molecule has 0 aliphatic carbocycles. The zero-order valence-corrected chi connectivity index (χ0v) is 23.4. The molecular formula is C31H37F2N5O4. The van der Waals surface area contributed by atoms with Crippen molar-refractivity contribution in [2.45, 2.75) is 25.3 Å². The summed E-state index contributed by atoms with van der Waals surface area (Å²) < 4.78 is 33.2. The number of hydroxylamine groups is 2. The van der Waals surface area contributed by atoms with Crippen LogP contribution < -0.4 is 16.2 Å². The maximum Gasteiger partial charge on any atom is 0.338 e. The Labute approximate surface area is 244 Å². The summed E-state index contributed by atoms with van der Waals surface area (Å²) in [6.45, 7) is 4.24. The zero-order chi connectivity index (χ0) is 30.1. The number of halogens is 2. The molecule has 0 unspecified atom stereocenters. The van der Waals surface area contributed by atoms with Gasteiger partial charge in [0.1, 0.15) is 24.0 Å². The van der Waals surface area contributed by atoms with Crippen LogP contribution in [-0.2, 0) is 6.42 Å². The first kappa shape index (κ1) is 30.9. The van der Waals surface area contributed by atoms with Crippen molar-refractivity contribution >= 4 is 11.9 Å². The molecule has 9 nitrogen and oxygen atoms in total. The topological polar surface area (TPSA) is 125 Å². The highest BCUT2D eigenvalue weighted by Crippen LogP contribution is 2.30. The van der Waals surface area contributed by atoms with Crippen molar-refractivity contribution in [3.8, 4) is 5.75 Å². The Hall–Kier alpha value is -4.06. The summed E-state index contributed by atoms with van der Waals surface area (Å²) in [7, 11) is 0. The lowest BCUT2D eigenvalue weighted by atomic mass is 9.96. The molecule has 1 heterocycles. The van der Waals surface area contributed by atoms with E-state index in [2.05, 4.69) is 9.80 Å². The maximum absolute atomic E-state index is 13.6. The third kappa shape index (κ3) is 8.48. The summed E-state index contributed by atoms with van der Waals surface area (Å²) in [5.74, 6) is -0.755. The van der Waals surface area contributed by atoms with Crippen molar-refractivity contribution < 1.29 is 28.3 Å². The molecule has 1 fully saturated rings. The van der Waals surface area contributed by atoms with Crippen molar-refractivity contribution in [1.82, 2.24) is 14.9 Å². The predicted molar refractivity (Wildman–Crippen MR) is 154 cm³/mol. The first-order chi connectivity index (χ1) is 20.2. The van der Waals surface area contributed by atoms with Crippen LogP contribution in [0.15, 0.2) is 66.7 Å². The Morgan fingerprint density at radius 1 is 0.881 bits per heavy atom. The minimum atomic E-state index is -0.895. The molecule has 0 atom stereocenters. The van der Waals surface area contributed by atoms with Gasteiger partial charge in [0.25, 0.3) is 5.91 Å². The van der Waals surface area contributed by atoms with Crippen LogP contribution in [0.2, 0.25) is 0 Å². The number of hydrogen-bond donors (Lipinski definition) is 3. The van der Waals surface area contributed by atoms with Gasteiger partial charge in [-0.1, -0.05) is 30.3 Å². The van der Waals surface area contributed by atoms with E-state index in [1.54, 1.807) is 36.4 Å². The van der Waals surface area contributed by atoms with Gasteiger partial charge in [0.05, 0.1) is 18.2 Å². The monoisotopic (exact) mass is 581 g/mol. The molecule has 0 aromatic heterocycles. The number of benzene rings is 3. The number of carbonyl (C=O) groups is 2. The van der Waals surface area contributed by atoms with Crippen molar-refractivity contribution in [2.24, 2.45) is 11.5 Å². The van der Waals surface area contributed by atoms with E-state index in [0.29, 0.717) is 48.8 Å². The second-order valence-electron chi connectivity index (χ2n) is 10.3. The Kier molecular flexibility index (Phi) is 10.8. The summed E-state index contributed by atoms with van der Waals surface area (Å²) in [6, 6.07) is 17.2. The van der Waals surface area contributed by atoms with Gasteiger partial charge < -0.3 is 16.2 Å². The van der Waals surface area contributed by atoms with Crippen LogP contribution in [0.3, 0.4) is 0 Å². The standard InChI is InChI=1S/C31H37F2N5O4/c32-25-9-5-23(6-10-25)29(24-7-11-26(33)12-8-24)37-17-15-36(16-18-37)19-20-42-28-13-4-22(21-27(28)30(34)39)3-1-2-14-38(41)31(35)40/h4-13,21,29,41H,1-3,14-20H2,(H2,34,39)(H2,35,40). The molecule has 42 heavy (non-hydrogen) atoms. The quantitative estimate of drug-likeness (QED) is 0.160. The lowest BCUT2D eigenvalue weighted by Crippen LogP contribution is -2.48. The van der Waals surface area contributed by atoms with E-state index in [-0.39, 0.29) is 24.2 Å². The Morgan fingerprint density at radius 3 is 2.02 bits per heavy atom. The normalized spacial score (nSPS) is 14.2. The Balaban J connectivity index is 1.29. The van der Waals surface area contributed by atoms with Crippen molar-refractivity contribution in [3.63, 3.8) is 0 Å². The smallest absolute Gasteiger partial charge is 0.338 e. The molecule has 0 spiro atoms. The molecule has 0 bridgehead atoms. The summed E-state index contributed by atoms with van der Waals surface area (Å²) in [4.78, 5) is 27.6.